The van der Waals surface area contributed by atoms with Gasteiger partial charge in [0.25, 0.3) is 0 Å². The van der Waals surface area contributed by atoms with Gasteiger partial charge in [-0.2, -0.15) is 5.26 Å². The molecule has 1 saturated heterocycles. The lowest BCUT2D eigenvalue weighted by molar-refractivity contribution is -0.146. The third-order valence-electron chi connectivity index (χ3n) is 3.47. The number of hydrogen-bond donors (Lipinski definition) is 0. The van der Waals surface area contributed by atoms with Crippen molar-refractivity contribution < 1.29 is 13.9 Å². The maximum Gasteiger partial charge on any atom is 0.308 e. The number of esters is 1. The maximum absolute atomic E-state index is 13.5. The van der Waals surface area contributed by atoms with Gasteiger partial charge < -0.3 is 9.64 Å². The zero-order valence-corrected chi connectivity index (χ0v) is 10.7. The highest BCUT2D eigenvalue weighted by molar-refractivity contribution is 5.72. The number of methoxy groups -OCH3 is 1. The Morgan fingerprint density at radius 2 is 2.16 bits per heavy atom. The summed E-state index contributed by atoms with van der Waals surface area (Å²) in [5, 5.41) is 8.69. The van der Waals surface area contributed by atoms with E-state index >= 15 is 0 Å². The van der Waals surface area contributed by atoms with E-state index < -0.39 is 5.82 Å². The van der Waals surface area contributed by atoms with Crippen molar-refractivity contribution in [2.45, 2.75) is 12.8 Å². The minimum absolute atomic E-state index is 0.0493. The second kappa shape index (κ2) is 5.70. The molecular formula is C14H15FN2O2. The molecule has 4 nitrogen and oxygen atoms in total. The predicted molar refractivity (Wildman–Crippen MR) is 68.1 cm³/mol. The van der Waals surface area contributed by atoms with Gasteiger partial charge in [-0.15, -0.1) is 0 Å². The fourth-order valence-electron chi connectivity index (χ4n) is 2.33. The van der Waals surface area contributed by atoms with Crippen molar-refractivity contribution in [3.05, 3.63) is 29.6 Å². The van der Waals surface area contributed by atoms with Gasteiger partial charge in [-0.1, -0.05) is 0 Å². The summed E-state index contributed by atoms with van der Waals surface area (Å²) >= 11 is 0. The van der Waals surface area contributed by atoms with E-state index in [-0.39, 0.29) is 17.5 Å². The molecule has 1 aromatic carbocycles. The lowest BCUT2D eigenvalue weighted by Crippen LogP contribution is -2.36. The van der Waals surface area contributed by atoms with Crippen molar-refractivity contribution in [2.24, 2.45) is 5.92 Å². The Morgan fingerprint density at radius 1 is 1.47 bits per heavy atom. The van der Waals surface area contributed by atoms with Crippen molar-refractivity contribution >= 4 is 11.7 Å². The number of carbonyl (C=O) groups is 1. The molecule has 0 aliphatic carbocycles. The average molecular weight is 262 g/mol. The summed E-state index contributed by atoms with van der Waals surface area (Å²) in [6, 6.07) is 6.39. The number of halogens is 1. The summed E-state index contributed by atoms with van der Waals surface area (Å²) in [5.74, 6) is -0.745. The van der Waals surface area contributed by atoms with Gasteiger partial charge in [0.2, 0.25) is 0 Å². The van der Waals surface area contributed by atoms with E-state index in [1.54, 1.807) is 12.1 Å². The average Bonchev–Trinajstić information content (AvgIpc) is 2.46. The smallest absolute Gasteiger partial charge is 0.308 e. The molecule has 2 rings (SSSR count). The minimum atomic E-state index is -0.505. The number of nitrogens with zero attached hydrogens (tertiary/aromatic N) is 2. The van der Waals surface area contributed by atoms with E-state index in [0.717, 1.165) is 5.69 Å². The molecule has 5 heteroatoms. The van der Waals surface area contributed by atoms with Crippen LogP contribution in [0.3, 0.4) is 0 Å². The van der Waals surface area contributed by atoms with Crippen LogP contribution in [0.1, 0.15) is 18.4 Å². The fourth-order valence-corrected chi connectivity index (χ4v) is 2.33. The van der Waals surface area contributed by atoms with E-state index in [0.29, 0.717) is 25.9 Å². The van der Waals surface area contributed by atoms with Crippen LogP contribution in [0.15, 0.2) is 18.2 Å². The van der Waals surface area contributed by atoms with E-state index in [9.17, 15) is 9.18 Å². The molecule has 0 atom stereocenters. The van der Waals surface area contributed by atoms with Gasteiger partial charge in [-0.05, 0) is 31.0 Å². The molecule has 0 spiro atoms. The van der Waals surface area contributed by atoms with E-state index in [4.69, 9.17) is 10.00 Å². The third-order valence-corrected chi connectivity index (χ3v) is 3.47. The summed E-state index contributed by atoms with van der Waals surface area (Å²) < 4.78 is 18.3. The number of piperidine rings is 1. The zero-order valence-electron chi connectivity index (χ0n) is 10.7. The molecule has 0 unspecified atom stereocenters. The van der Waals surface area contributed by atoms with Gasteiger partial charge in [-0.25, -0.2) is 4.39 Å². The highest BCUT2D eigenvalue weighted by Gasteiger charge is 2.25. The Bertz CT molecular complexity index is 517. The lowest BCUT2D eigenvalue weighted by atomic mass is 9.96. The molecule has 100 valence electrons. The molecule has 0 amide bonds. The van der Waals surface area contributed by atoms with Crippen LogP contribution in [0.5, 0.6) is 0 Å². The van der Waals surface area contributed by atoms with Crippen molar-refractivity contribution in [1.82, 2.24) is 0 Å². The van der Waals surface area contributed by atoms with Crippen LogP contribution >= 0.6 is 0 Å². The number of benzene rings is 1. The molecule has 0 aromatic heterocycles. The number of nitriles is 1. The summed E-state index contributed by atoms with van der Waals surface area (Å²) in [5.41, 5.74) is 0.799. The first-order valence-electron chi connectivity index (χ1n) is 6.18. The number of ether oxygens (including phenoxy) is 1. The van der Waals surface area contributed by atoms with Crippen LogP contribution < -0.4 is 4.90 Å². The highest BCUT2D eigenvalue weighted by Crippen LogP contribution is 2.25. The summed E-state index contributed by atoms with van der Waals surface area (Å²) in [6.07, 6.45) is 1.41. The van der Waals surface area contributed by atoms with Crippen LogP contribution in [-0.4, -0.2) is 26.2 Å². The topological polar surface area (TPSA) is 53.3 Å². The van der Waals surface area contributed by atoms with Crippen molar-refractivity contribution in [2.75, 3.05) is 25.1 Å². The molecule has 19 heavy (non-hydrogen) atoms. The molecule has 1 aliphatic rings. The van der Waals surface area contributed by atoms with Gasteiger partial charge in [-0.3, -0.25) is 4.79 Å². The number of rotatable bonds is 2. The van der Waals surface area contributed by atoms with Crippen molar-refractivity contribution in [1.29, 1.82) is 5.26 Å². The molecular weight excluding hydrogens is 247 g/mol. The largest absolute Gasteiger partial charge is 0.469 e. The van der Waals surface area contributed by atoms with Gasteiger partial charge >= 0.3 is 5.97 Å². The fraction of sp³-hybridized carbons (Fsp3) is 0.429. The monoisotopic (exact) mass is 262 g/mol. The minimum Gasteiger partial charge on any atom is -0.469 e. The van der Waals surface area contributed by atoms with E-state index in [1.165, 1.54) is 19.2 Å². The Labute approximate surface area is 111 Å². The SMILES string of the molecule is COC(=O)C1CCN(c2ccc(C#N)c(F)c2)CC1. The second-order valence-corrected chi connectivity index (χ2v) is 4.56. The molecule has 0 N–H and O–H groups in total. The van der Waals surface area contributed by atoms with Crippen LogP contribution in [0.25, 0.3) is 0 Å². The maximum atomic E-state index is 13.5. The normalized spacial score (nSPS) is 15.9. The third kappa shape index (κ3) is 2.84. The van der Waals surface area contributed by atoms with Crippen LogP contribution in [0.4, 0.5) is 10.1 Å². The molecule has 1 heterocycles. The summed E-state index contributed by atoms with van der Waals surface area (Å²) in [4.78, 5) is 13.4. The van der Waals surface area contributed by atoms with Crippen molar-refractivity contribution in [3.63, 3.8) is 0 Å². The molecule has 0 radical (unpaired) electrons. The highest BCUT2D eigenvalue weighted by atomic mass is 19.1. The Morgan fingerprint density at radius 3 is 2.68 bits per heavy atom. The van der Waals surface area contributed by atoms with Crippen LogP contribution in [0.2, 0.25) is 0 Å². The quantitative estimate of drug-likeness (QED) is 0.766. The molecule has 1 aromatic rings. The van der Waals surface area contributed by atoms with Gasteiger partial charge in [0.15, 0.2) is 0 Å². The Hall–Kier alpha value is -2.09. The van der Waals surface area contributed by atoms with E-state index in [2.05, 4.69) is 0 Å². The second-order valence-electron chi connectivity index (χ2n) is 4.56. The molecule has 1 aliphatic heterocycles. The van der Waals surface area contributed by atoms with Gasteiger partial charge in [0.05, 0.1) is 18.6 Å². The van der Waals surface area contributed by atoms with E-state index in [1.807, 2.05) is 4.90 Å². The van der Waals surface area contributed by atoms with Gasteiger partial charge in [0.1, 0.15) is 11.9 Å². The first-order chi connectivity index (χ1) is 9.15. The van der Waals surface area contributed by atoms with Crippen molar-refractivity contribution in [3.8, 4) is 6.07 Å². The number of hydrogen-bond acceptors (Lipinski definition) is 4. The summed E-state index contributed by atoms with van der Waals surface area (Å²) in [6.45, 7) is 1.37. The first-order valence-corrected chi connectivity index (χ1v) is 6.18. The summed E-state index contributed by atoms with van der Waals surface area (Å²) in [7, 11) is 1.39. The predicted octanol–water partition coefficient (Wildman–Crippen LogP) is 2.09. The van der Waals surface area contributed by atoms with Crippen LogP contribution in [-0.2, 0) is 9.53 Å². The molecule has 1 fully saturated rings. The van der Waals surface area contributed by atoms with Crippen LogP contribution in [0, 0.1) is 23.1 Å². The standard InChI is InChI=1S/C14H15FN2O2/c1-19-14(18)10-4-6-17(7-5-10)12-3-2-11(9-16)13(15)8-12/h2-3,8,10H,4-7H2,1H3. The first kappa shape index (κ1) is 13.3. The lowest BCUT2D eigenvalue weighted by Gasteiger charge is -2.32. The Kier molecular flexibility index (Phi) is 4.00. The molecule has 0 saturated carbocycles. The zero-order chi connectivity index (χ0) is 13.8. The van der Waals surface area contributed by atoms with Gasteiger partial charge in [0, 0.05) is 18.8 Å². The number of anilines is 1. The molecule has 0 bridgehead atoms. The Balaban J connectivity index is 2.04. The number of carbonyl (C=O) groups excluding carboxylic acids is 1.